The Balaban J connectivity index is 1.34. The molecule has 2 aliphatic rings. The maximum Gasteiger partial charge on any atom is 0.0558 e. The Kier molecular flexibility index (Phi) is 9.77. The first-order chi connectivity index (χ1) is 14.1. The summed E-state index contributed by atoms with van der Waals surface area (Å²) in [6.45, 7) is 8.19. The van der Waals surface area contributed by atoms with Gasteiger partial charge in [0.2, 0.25) is 0 Å². The number of halogens is 2. The highest BCUT2D eigenvalue weighted by molar-refractivity contribution is 9.10. The van der Waals surface area contributed by atoms with Crippen LogP contribution in [0.3, 0.4) is 0 Å². The first-order valence-corrected chi connectivity index (χ1v) is 12.8. The van der Waals surface area contributed by atoms with Gasteiger partial charge in [-0.05, 0) is 113 Å². The summed E-state index contributed by atoms with van der Waals surface area (Å²) in [5.74, 6) is 1.68. The highest BCUT2D eigenvalue weighted by Gasteiger charge is 2.26. The summed E-state index contributed by atoms with van der Waals surface area (Å²) in [5.41, 5.74) is 1.36. The van der Waals surface area contributed by atoms with Crippen molar-refractivity contribution in [2.75, 3.05) is 39.3 Å². The largest absolute Gasteiger partial charge is 0.395 e. The maximum atomic E-state index is 9.25. The molecule has 0 amide bonds. The molecule has 0 spiro atoms. The molecule has 0 radical (unpaired) electrons. The fourth-order valence-corrected chi connectivity index (χ4v) is 5.92. The van der Waals surface area contributed by atoms with Gasteiger partial charge in [-0.1, -0.05) is 34.5 Å². The van der Waals surface area contributed by atoms with Crippen molar-refractivity contribution in [3.8, 4) is 0 Å². The molecular weight excluding hydrogens is 448 g/mol. The predicted molar refractivity (Wildman–Crippen MR) is 127 cm³/mol. The van der Waals surface area contributed by atoms with E-state index in [0.717, 1.165) is 36.4 Å². The third-order valence-corrected chi connectivity index (χ3v) is 8.21. The summed E-state index contributed by atoms with van der Waals surface area (Å²) in [4.78, 5) is 5.17. The molecule has 1 aromatic carbocycles. The van der Waals surface area contributed by atoms with Crippen LogP contribution in [0.25, 0.3) is 0 Å². The molecule has 3 nitrogen and oxygen atoms in total. The van der Waals surface area contributed by atoms with E-state index >= 15 is 0 Å². The van der Waals surface area contributed by atoms with Gasteiger partial charge in [0.1, 0.15) is 0 Å². The van der Waals surface area contributed by atoms with Crippen LogP contribution in [-0.4, -0.2) is 60.3 Å². The van der Waals surface area contributed by atoms with Crippen molar-refractivity contribution >= 4 is 27.5 Å². The van der Waals surface area contributed by atoms with Gasteiger partial charge in [-0.2, -0.15) is 0 Å². The van der Waals surface area contributed by atoms with E-state index in [1.165, 1.54) is 74.6 Å². The first kappa shape index (κ1) is 23.5. The standard InChI is InChI=1S/C24H38BrClN2O/c1-2-28(15-16-29)23-6-3-19(4-7-23)9-12-27-13-10-20(11-14-27)17-21-18-22(26)5-8-24(21)25/h5,8,18-20,23,29H,2-4,6-7,9-17H2,1H3/t19-,23-. The Labute approximate surface area is 190 Å². The van der Waals surface area contributed by atoms with E-state index in [-0.39, 0.29) is 6.61 Å². The smallest absolute Gasteiger partial charge is 0.0558 e. The minimum absolute atomic E-state index is 0.290. The minimum Gasteiger partial charge on any atom is -0.395 e. The van der Waals surface area contributed by atoms with E-state index in [1.807, 2.05) is 6.07 Å². The number of likely N-dealkylation sites (tertiary alicyclic amines) is 1. The van der Waals surface area contributed by atoms with E-state index < -0.39 is 0 Å². The molecule has 1 aliphatic heterocycles. The van der Waals surface area contributed by atoms with Crippen LogP contribution in [0.15, 0.2) is 22.7 Å². The quantitative estimate of drug-likeness (QED) is 0.492. The second kappa shape index (κ2) is 12.0. The zero-order valence-corrected chi connectivity index (χ0v) is 20.3. The number of nitrogens with zero attached hydrogens (tertiary/aromatic N) is 2. The highest BCUT2D eigenvalue weighted by Crippen LogP contribution is 2.31. The number of aliphatic hydroxyl groups is 1. The Morgan fingerprint density at radius 1 is 1.10 bits per heavy atom. The Bertz CT molecular complexity index is 613. The average molecular weight is 486 g/mol. The lowest BCUT2D eigenvalue weighted by atomic mass is 9.83. The van der Waals surface area contributed by atoms with Crippen molar-refractivity contribution in [2.45, 2.75) is 64.3 Å². The lowest BCUT2D eigenvalue weighted by molar-refractivity contribution is 0.108. The molecule has 1 heterocycles. The molecule has 5 heteroatoms. The van der Waals surface area contributed by atoms with E-state index in [4.69, 9.17) is 11.6 Å². The number of aliphatic hydroxyl groups excluding tert-OH is 1. The fourth-order valence-electron chi connectivity index (χ4n) is 5.32. The van der Waals surface area contributed by atoms with Crippen molar-refractivity contribution in [2.24, 2.45) is 11.8 Å². The Morgan fingerprint density at radius 2 is 1.83 bits per heavy atom. The van der Waals surface area contributed by atoms with Gasteiger partial charge in [0.15, 0.2) is 0 Å². The second-order valence-corrected chi connectivity index (χ2v) is 10.3. The molecule has 0 bridgehead atoms. The van der Waals surface area contributed by atoms with Gasteiger partial charge in [-0.3, -0.25) is 4.90 Å². The van der Waals surface area contributed by atoms with Crippen LogP contribution in [-0.2, 0) is 6.42 Å². The molecule has 0 atom stereocenters. The number of likely N-dealkylation sites (N-methyl/N-ethyl adjacent to an activating group) is 1. The summed E-state index contributed by atoms with van der Waals surface area (Å²) in [6.07, 6.45) is 10.5. The van der Waals surface area contributed by atoms with Crippen molar-refractivity contribution in [1.29, 1.82) is 0 Å². The third-order valence-electron chi connectivity index (χ3n) is 7.20. The van der Waals surface area contributed by atoms with Gasteiger partial charge >= 0.3 is 0 Å². The lowest BCUT2D eigenvalue weighted by Gasteiger charge is -2.37. The maximum absolute atomic E-state index is 9.25. The monoisotopic (exact) mass is 484 g/mol. The molecule has 1 aromatic rings. The van der Waals surface area contributed by atoms with Crippen molar-refractivity contribution in [3.63, 3.8) is 0 Å². The van der Waals surface area contributed by atoms with Crippen LogP contribution in [0.4, 0.5) is 0 Å². The summed E-state index contributed by atoms with van der Waals surface area (Å²) in [5, 5.41) is 10.1. The Hall–Kier alpha value is -0.130. The fraction of sp³-hybridized carbons (Fsp3) is 0.750. The van der Waals surface area contributed by atoms with Gasteiger partial charge in [0.05, 0.1) is 6.61 Å². The normalized spacial score (nSPS) is 24.3. The predicted octanol–water partition coefficient (Wildman–Crippen LogP) is 5.62. The molecule has 1 saturated carbocycles. The van der Waals surface area contributed by atoms with Crippen LogP contribution in [0.1, 0.15) is 57.4 Å². The van der Waals surface area contributed by atoms with Gasteiger partial charge in [-0.25, -0.2) is 0 Å². The number of hydrogen-bond acceptors (Lipinski definition) is 3. The topological polar surface area (TPSA) is 26.7 Å². The van der Waals surface area contributed by atoms with Crippen LogP contribution >= 0.6 is 27.5 Å². The number of benzene rings is 1. The van der Waals surface area contributed by atoms with Gasteiger partial charge in [-0.15, -0.1) is 0 Å². The molecular formula is C24H38BrClN2O. The summed E-state index contributed by atoms with van der Waals surface area (Å²) in [7, 11) is 0. The first-order valence-electron chi connectivity index (χ1n) is 11.6. The lowest BCUT2D eigenvalue weighted by Crippen LogP contribution is -2.40. The summed E-state index contributed by atoms with van der Waals surface area (Å²) in [6, 6.07) is 6.85. The average Bonchev–Trinajstić information content (AvgIpc) is 2.74. The molecule has 29 heavy (non-hydrogen) atoms. The SMILES string of the molecule is CCN(CCO)[C@H]1CC[C@H](CCN2CCC(Cc3cc(Cl)ccc3Br)CC2)CC1. The van der Waals surface area contributed by atoms with Crippen molar-refractivity contribution in [1.82, 2.24) is 9.80 Å². The molecule has 0 aromatic heterocycles. The van der Waals surface area contributed by atoms with Crippen LogP contribution < -0.4 is 0 Å². The molecule has 1 aliphatic carbocycles. The number of hydrogen-bond donors (Lipinski definition) is 1. The zero-order valence-electron chi connectivity index (χ0n) is 18.0. The molecule has 164 valence electrons. The van der Waals surface area contributed by atoms with E-state index in [0.29, 0.717) is 6.04 Å². The minimum atomic E-state index is 0.290. The number of rotatable bonds is 9. The summed E-state index contributed by atoms with van der Waals surface area (Å²) < 4.78 is 1.19. The van der Waals surface area contributed by atoms with E-state index in [2.05, 4.69) is 44.8 Å². The van der Waals surface area contributed by atoms with Gasteiger partial charge < -0.3 is 10.0 Å². The molecule has 0 unspecified atom stereocenters. The zero-order chi connectivity index (χ0) is 20.6. The van der Waals surface area contributed by atoms with E-state index in [9.17, 15) is 5.11 Å². The van der Waals surface area contributed by atoms with Crippen molar-refractivity contribution < 1.29 is 5.11 Å². The van der Waals surface area contributed by atoms with Crippen LogP contribution in [0.2, 0.25) is 5.02 Å². The number of piperidine rings is 1. The summed E-state index contributed by atoms with van der Waals surface area (Å²) >= 11 is 9.86. The van der Waals surface area contributed by atoms with Crippen LogP contribution in [0, 0.1) is 11.8 Å². The molecule has 3 rings (SSSR count). The second-order valence-electron chi connectivity index (χ2n) is 9.04. The Morgan fingerprint density at radius 3 is 2.48 bits per heavy atom. The third kappa shape index (κ3) is 7.21. The van der Waals surface area contributed by atoms with Crippen LogP contribution in [0.5, 0.6) is 0 Å². The van der Waals surface area contributed by atoms with Crippen molar-refractivity contribution in [3.05, 3.63) is 33.3 Å². The highest BCUT2D eigenvalue weighted by atomic mass is 79.9. The van der Waals surface area contributed by atoms with E-state index in [1.54, 1.807) is 0 Å². The van der Waals surface area contributed by atoms with Gasteiger partial charge in [0, 0.05) is 22.1 Å². The van der Waals surface area contributed by atoms with Gasteiger partial charge in [0.25, 0.3) is 0 Å². The molecule has 1 N–H and O–H groups in total. The molecule has 1 saturated heterocycles. The molecule has 2 fully saturated rings.